The van der Waals surface area contributed by atoms with E-state index in [-0.39, 0.29) is 17.5 Å². The van der Waals surface area contributed by atoms with Crippen LogP contribution < -0.4 is 16.0 Å². The number of piperidine rings is 1. The van der Waals surface area contributed by atoms with Crippen LogP contribution in [0.3, 0.4) is 0 Å². The highest BCUT2D eigenvalue weighted by atomic mass is 19.1. The quantitative estimate of drug-likeness (QED) is 0.782. The molecule has 0 unspecified atom stereocenters. The number of halogens is 1. The summed E-state index contributed by atoms with van der Waals surface area (Å²) in [6, 6.07) is 2.89. The van der Waals surface area contributed by atoms with Crippen LogP contribution in [0, 0.1) is 11.2 Å². The molecule has 0 saturated carbocycles. The maximum Gasteiger partial charge on any atom is 0.233 e. The highest BCUT2D eigenvalue weighted by Crippen LogP contribution is 2.33. The summed E-state index contributed by atoms with van der Waals surface area (Å²) >= 11 is 0. The van der Waals surface area contributed by atoms with Gasteiger partial charge in [-0.2, -0.15) is 0 Å². The summed E-state index contributed by atoms with van der Waals surface area (Å²) in [7, 11) is 1.56. The highest BCUT2D eigenvalue weighted by Gasteiger charge is 2.40. The lowest BCUT2D eigenvalue weighted by molar-refractivity contribution is -0.130. The van der Waals surface area contributed by atoms with Gasteiger partial charge in [0.05, 0.1) is 17.7 Å². The fourth-order valence-electron chi connectivity index (χ4n) is 3.37. The van der Waals surface area contributed by atoms with Crippen molar-refractivity contribution in [3.63, 3.8) is 0 Å². The van der Waals surface area contributed by atoms with E-state index in [4.69, 9.17) is 4.74 Å². The van der Waals surface area contributed by atoms with Crippen LogP contribution in [0.15, 0.2) is 12.1 Å². The first-order valence-corrected chi connectivity index (χ1v) is 8.17. The van der Waals surface area contributed by atoms with E-state index in [1.807, 2.05) is 0 Å². The van der Waals surface area contributed by atoms with E-state index in [0.29, 0.717) is 38.0 Å². The number of rotatable bonds is 4. The van der Waals surface area contributed by atoms with Crippen LogP contribution in [0.25, 0.3) is 0 Å². The van der Waals surface area contributed by atoms with Gasteiger partial charge in [-0.05, 0) is 50.0 Å². The lowest BCUT2D eigenvalue weighted by atomic mass is 9.78. The fraction of sp³-hybridized carbons (Fsp3) is 0.529. The molecule has 0 aliphatic carbocycles. The first kappa shape index (κ1) is 16.9. The largest absolute Gasteiger partial charge is 0.384 e. The number of carbonyl (C=O) groups is 2. The summed E-state index contributed by atoms with van der Waals surface area (Å²) in [6.45, 7) is 1.74. The highest BCUT2D eigenvalue weighted by molar-refractivity contribution is 5.98. The van der Waals surface area contributed by atoms with Crippen molar-refractivity contribution in [1.82, 2.24) is 5.32 Å². The van der Waals surface area contributed by atoms with E-state index in [1.165, 1.54) is 12.1 Å². The summed E-state index contributed by atoms with van der Waals surface area (Å²) in [5.41, 5.74) is 0.744. The molecule has 0 atom stereocenters. The van der Waals surface area contributed by atoms with Crippen LogP contribution in [0.1, 0.15) is 24.8 Å². The minimum absolute atomic E-state index is 0.0926. The second kappa shape index (κ2) is 6.86. The van der Waals surface area contributed by atoms with Crippen LogP contribution in [0.4, 0.5) is 15.8 Å². The standard InChI is InChI=1S/C17H22FN3O3/c1-24-10-17(4-6-19-7-5-17)16(23)21-14-9-13-11(8-12(14)18)2-3-15(22)20-13/h8-9,19H,2-7,10H2,1H3,(H,20,22)(H,21,23). The van der Waals surface area contributed by atoms with Crippen molar-refractivity contribution >= 4 is 23.2 Å². The number of anilines is 2. The third-order valence-electron chi connectivity index (χ3n) is 4.80. The van der Waals surface area contributed by atoms with Crippen LogP contribution in [0.2, 0.25) is 0 Å². The summed E-state index contributed by atoms with van der Waals surface area (Å²) in [6.07, 6.45) is 2.12. The normalized spacial score (nSPS) is 19.3. The van der Waals surface area contributed by atoms with E-state index < -0.39 is 11.2 Å². The van der Waals surface area contributed by atoms with E-state index in [9.17, 15) is 14.0 Å². The van der Waals surface area contributed by atoms with Gasteiger partial charge in [0, 0.05) is 19.2 Å². The molecule has 0 radical (unpaired) electrons. The summed E-state index contributed by atoms with van der Waals surface area (Å²) in [5.74, 6) is -0.827. The molecule has 3 N–H and O–H groups in total. The molecule has 1 fully saturated rings. The predicted octanol–water partition coefficient (Wildman–Crippen LogP) is 1.67. The number of nitrogens with one attached hydrogen (secondary N) is 3. The SMILES string of the molecule is COCC1(C(=O)Nc2cc3c(cc2F)CCC(=O)N3)CCNCC1. The third kappa shape index (κ3) is 3.27. The molecule has 24 heavy (non-hydrogen) atoms. The van der Waals surface area contributed by atoms with Crippen LogP contribution in [0.5, 0.6) is 0 Å². The maximum absolute atomic E-state index is 14.3. The number of amides is 2. The molecular formula is C17H22FN3O3. The van der Waals surface area contributed by atoms with Gasteiger partial charge in [0.15, 0.2) is 0 Å². The van der Waals surface area contributed by atoms with Gasteiger partial charge in [0.1, 0.15) is 5.82 Å². The Bertz CT molecular complexity index is 651. The summed E-state index contributed by atoms with van der Waals surface area (Å²) in [5, 5.41) is 8.64. The molecule has 1 aromatic carbocycles. The third-order valence-corrected chi connectivity index (χ3v) is 4.80. The van der Waals surface area contributed by atoms with Gasteiger partial charge >= 0.3 is 0 Å². The van der Waals surface area contributed by atoms with Crippen LogP contribution >= 0.6 is 0 Å². The number of methoxy groups -OCH3 is 1. The van der Waals surface area contributed by atoms with Gasteiger partial charge in [-0.3, -0.25) is 9.59 Å². The van der Waals surface area contributed by atoms with Crippen LogP contribution in [-0.4, -0.2) is 38.6 Å². The molecule has 6 nitrogen and oxygen atoms in total. The Morgan fingerprint density at radius 3 is 2.79 bits per heavy atom. The lowest BCUT2D eigenvalue weighted by Crippen LogP contribution is -2.47. The van der Waals surface area contributed by atoms with Gasteiger partial charge in [0.25, 0.3) is 0 Å². The molecular weight excluding hydrogens is 313 g/mol. The number of aryl methyl sites for hydroxylation is 1. The van der Waals surface area contributed by atoms with Crippen LogP contribution in [-0.2, 0) is 20.7 Å². The molecule has 0 aromatic heterocycles. The Morgan fingerprint density at radius 1 is 1.33 bits per heavy atom. The van der Waals surface area contributed by atoms with Gasteiger partial charge in [-0.25, -0.2) is 4.39 Å². The molecule has 2 aliphatic heterocycles. The molecule has 2 amide bonds. The second-order valence-electron chi connectivity index (χ2n) is 6.45. The Balaban J connectivity index is 1.83. The zero-order chi connectivity index (χ0) is 17.2. The average molecular weight is 335 g/mol. The van der Waals surface area contributed by atoms with Crippen molar-refractivity contribution < 1.29 is 18.7 Å². The minimum Gasteiger partial charge on any atom is -0.384 e. The number of hydrogen-bond donors (Lipinski definition) is 3. The van der Waals surface area contributed by atoms with E-state index in [2.05, 4.69) is 16.0 Å². The molecule has 1 aromatic rings. The minimum atomic E-state index is -0.661. The first-order chi connectivity index (χ1) is 11.5. The van der Waals surface area contributed by atoms with Crippen molar-refractivity contribution in [3.05, 3.63) is 23.5 Å². The van der Waals surface area contributed by atoms with Gasteiger partial charge in [-0.15, -0.1) is 0 Å². The Kier molecular flexibility index (Phi) is 4.82. The van der Waals surface area contributed by atoms with Crippen molar-refractivity contribution in [2.45, 2.75) is 25.7 Å². The zero-order valence-electron chi connectivity index (χ0n) is 13.7. The average Bonchev–Trinajstić information content (AvgIpc) is 2.57. The maximum atomic E-state index is 14.3. The van der Waals surface area contributed by atoms with Gasteiger partial charge in [-0.1, -0.05) is 0 Å². The van der Waals surface area contributed by atoms with Gasteiger partial charge < -0.3 is 20.7 Å². The number of benzene rings is 1. The lowest BCUT2D eigenvalue weighted by Gasteiger charge is -2.35. The predicted molar refractivity (Wildman–Crippen MR) is 88.4 cm³/mol. The Hall–Kier alpha value is -1.99. The molecule has 1 saturated heterocycles. The molecule has 7 heteroatoms. The Labute approximate surface area is 140 Å². The second-order valence-corrected chi connectivity index (χ2v) is 6.45. The van der Waals surface area contributed by atoms with Crippen molar-refractivity contribution in [2.24, 2.45) is 5.41 Å². The molecule has 2 aliphatic rings. The zero-order valence-corrected chi connectivity index (χ0v) is 13.7. The summed E-state index contributed by atoms with van der Waals surface area (Å²) < 4.78 is 19.6. The topological polar surface area (TPSA) is 79.5 Å². The number of hydrogen-bond acceptors (Lipinski definition) is 4. The van der Waals surface area contributed by atoms with Crippen molar-refractivity contribution in [2.75, 3.05) is 37.4 Å². The summed E-state index contributed by atoms with van der Waals surface area (Å²) in [4.78, 5) is 24.3. The van der Waals surface area contributed by atoms with E-state index >= 15 is 0 Å². The molecule has 0 spiro atoms. The van der Waals surface area contributed by atoms with Crippen molar-refractivity contribution in [3.8, 4) is 0 Å². The number of carbonyl (C=O) groups excluding carboxylic acids is 2. The molecule has 2 heterocycles. The monoisotopic (exact) mass is 335 g/mol. The van der Waals surface area contributed by atoms with E-state index in [1.54, 1.807) is 7.11 Å². The van der Waals surface area contributed by atoms with E-state index in [0.717, 1.165) is 18.7 Å². The van der Waals surface area contributed by atoms with Crippen molar-refractivity contribution in [1.29, 1.82) is 0 Å². The van der Waals surface area contributed by atoms with Gasteiger partial charge in [0.2, 0.25) is 11.8 Å². The Morgan fingerprint density at radius 2 is 2.08 bits per heavy atom. The molecule has 130 valence electrons. The number of ether oxygens (including phenoxy) is 1. The smallest absolute Gasteiger partial charge is 0.233 e. The fourth-order valence-corrected chi connectivity index (χ4v) is 3.37. The number of fused-ring (bicyclic) bond motifs is 1. The first-order valence-electron chi connectivity index (χ1n) is 8.17. The molecule has 3 rings (SSSR count). The molecule has 0 bridgehead atoms.